The molecule has 98 valence electrons. The van der Waals surface area contributed by atoms with E-state index in [0.717, 1.165) is 0 Å². The summed E-state index contributed by atoms with van der Waals surface area (Å²) in [6.07, 6.45) is 2.21. The first kappa shape index (κ1) is 14.5. The molecule has 0 fully saturated rings. The third-order valence-electron chi connectivity index (χ3n) is 2.38. The van der Waals surface area contributed by atoms with Crippen molar-refractivity contribution in [1.29, 1.82) is 0 Å². The SMILES string of the molecule is NCCC[C@H](N=Cc1c(O)cccc1Cl)C(=O)O. The molecule has 1 atom stereocenters. The lowest BCUT2D eigenvalue weighted by Gasteiger charge is -2.07. The van der Waals surface area contributed by atoms with E-state index >= 15 is 0 Å². The zero-order chi connectivity index (χ0) is 13.5. The van der Waals surface area contributed by atoms with Gasteiger partial charge in [-0.2, -0.15) is 0 Å². The van der Waals surface area contributed by atoms with E-state index < -0.39 is 12.0 Å². The first-order valence-corrected chi connectivity index (χ1v) is 5.87. The van der Waals surface area contributed by atoms with Crippen molar-refractivity contribution in [3.05, 3.63) is 28.8 Å². The Morgan fingerprint density at radius 1 is 1.56 bits per heavy atom. The Bertz CT molecular complexity index is 429. The fourth-order valence-electron chi connectivity index (χ4n) is 1.39. The lowest BCUT2D eigenvalue weighted by Crippen LogP contribution is -2.19. The smallest absolute Gasteiger partial charge is 0.328 e. The number of halogens is 1. The highest BCUT2D eigenvalue weighted by Gasteiger charge is 2.14. The third-order valence-corrected chi connectivity index (χ3v) is 2.71. The van der Waals surface area contributed by atoms with Crippen LogP contribution < -0.4 is 5.73 Å². The predicted octanol–water partition coefficient (Wildman–Crippen LogP) is 1.66. The number of phenols is 1. The van der Waals surface area contributed by atoms with E-state index in [0.29, 0.717) is 30.0 Å². The summed E-state index contributed by atoms with van der Waals surface area (Å²) in [5, 5.41) is 18.9. The second kappa shape index (κ2) is 6.98. The number of nitrogens with two attached hydrogens (primary N) is 1. The zero-order valence-corrected chi connectivity index (χ0v) is 10.5. The molecule has 0 saturated heterocycles. The summed E-state index contributed by atoms with van der Waals surface area (Å²) in [4.78, 5) is 14.9. The van der Waals surface area contributed by atoms with Crippen LogP contribution in [-0.2, 0) is 4.79 Å². The molecule has 0 aliphatic carbocycles. The molecule has 0 aromatic heterocycles. The van der Waals surface area contributed by atoms with Crippen molar-refractivity contribution in [2.75, 3.05) is 6.54 Å². The summed E-state index contributed by atoms with van der Waals surface area (Å²) in [6.45, 7) is 0.413. The summed E-state index contributed by atoms with van der Waals surface area (Å²) in [5.74, 6) is -1.06. The van der Waals surface area contributed by atoms with Gasteiger partial charge in [0.15, 0.2) is 0 Å². The van der Waals surface area contributed by atoms with E-state index in [-0.39, 0.29) is 5.75 Å². The van der Waals surface area contributed by atoms with Gasteiger partial charge in [-0.05, 0) is 31.5 Å². The van der Waals surface area contributed by atoms with Crippen LogP contribution in [0.15, 0.2) is 23.2 Å². The number of carbonyl (C=O) groups is 1. The van der Waals surface area contributed by atoms with Gasteiger partial charge in [0.1, 0.15) is 11.8 Å². The average Bonchev–Trinajstić information content (AvgIpc) is 2.31. The molecule has 1 aromatic rings. The normalized spacial score (nSPS) is 12.8. The first-order valence-electron chi connectivity index (χ1n) is 5.49. The number of rotatable bonds is 6. The van der Waals surface area contributed by atoms with Gasteiger partial charge >= 0.3 is 5.97 Å². The molecule has 6 heteroatoms. The second-order valence-corrected chi connectivity index (χ2v) is 4.14. The molecular weight excluding hydrogens is 256 g/mol. The number of aromatic hydroxyl groups is 1. The number of nitrogens with zero attached hydrogens (tertiary/aromatic N) is 1. The highest BCUT2D eigenvalue weighted by Crippen LogP contribution is 2.23. The van der Waals surface area contributed by atoms with Crippen molar-refractivity contribution in [3.63, 3.8) is 0 Å². The van der Waals surface area contributed by atoms with Crippen molar-refractivity contribution >= 4 is 23.8 Å². The minimum Gasteiger partial charge on any atom is -0.507 e. The molecule has 0 unspecified atom stereocenters. The Balaban J connectivity index is 2.85. The molecule has 18 heavy (non-hydrogen) atoms. The lowest BCUT2D eigenvalue weighted by molar-refractivity contribution is -0.138. The Morgan fingerprint density at radius 2 is 2.28 bits per heavy atom. The van der Waals surface area contributed by atoms with E-state index in [9.17, 15) is 9.90 Å². The van der Waals surface area contributed by atoms with Gasteiger partial charge in [0.25, 0.3) is 0 Å². The number of benzene rings is 1. The van der Waals surface area contributed by atoms with Crippen LogP contribution in [0.2, 0.25) is 5.02 Å². The second-order valence-electron chi connectivity index (χ2n) is 3.74. The number of hydrogen-bond acceptors (Lipinski definition) is 4. The number of carboxylic acids is 1. The van der Waals surface area contributed by atoms with Crippen LogP contribution in [0.1, 0.15) is 18.4 Å². The number of aliphatic imine (C=N–C) groups is 1. The molecular formula is C12H15ClN2O3. The maximum atomic E-state index is 10.9. The van der Waals surface area contributed by atoms with Gasteiger partial charge in [0.2, 0.25) is 0 Å². The molecule has 5 nitrogen and oxygen atoms in total. The standard InChI is InChI=1S/C12H15ClN2O3/c13-9-3-1-5-11(16)8(9)7-15-10(12(17)18)4-2-6-14/h1,3,5,7,10,16H,2,4,6,14H2,(H,17,18)/t10-/m0/s1. The molecule has 4 N–H and O–H groups in total. The Labute approximate surface area is 110 Å². The minimum atomic E-state index is -1.02. The number of aliphatic carboxylic acids is 1. The van der Waals surface area contributed by atoms with Gasteiger partial charge in [0, 0.05) is 6.21 Å². The Hall–Kier alpha value is -1.59. The van der Waals surface area contributed by atoms with Crippen LogP contribution in [0.5, 0.6) is 5.75 Å². The van der Waals surface area contributed by atoms with Crippen molar-refractivity contribution in [2.45, 2.75) is 18.9 Å². The quantitative estimate of drug-likeness (QED) is 0.685. The predicted molar refractivity (Wildman–Crippen MR) is 70.4 cm³/mol. The van der Waals surface area contributed by atoms with Crippen molar-refractivity contribution in [2.24, 2.45) is 10.7 Å². The fourth-order valence-corrected chi connectivity index (χ4v) is 1.61. The molecule has 0 saturated carbocycles. The molecule has 0 bridgehead atoms. The van der Waals surface area contributed by atoms with Gasteiger partial charge in [-0.15, -0.1) is 0 Å². The Kier molecular flexibility index (Phi) is 5.61. The van der Waals surface area contributed by atoms with E-state index in [4.69, 9.17) is 22.4 Å². The monoisotopic (exact) mass is 270 g/mol. The fraction of sp³-hybridized carbons (Fsp3) is 0.333. The number of carboxylic acid groups (broad SMARTS) is 1. The number of hydrogen-bond donors (Lipinski definition) is 3. The summed E-state index contributed by atoms with van der Waals surface area (Å²) >= 11 is 5.88. The zero-order valence-electron chi connectivity index (χ0n) is 9.71. The lowest BCUT2D eigenvalue weighted by atomic mass is 10.1. The van der Waals surface area contributed by atoms with Gasteiger partial charge < -0.3 is 15.9 Å². The molecule has 1 rings (SSSR count). The maximum absolute atomic E-state index is 10.9. The molecule has 0 amide bonds. The van der Waals surface area contributed by atoms with Gasteiger partial charge in [-0.1, -0.05) is 17.7 Å². The van der Waals surface area contributed by atoms with Crippen LogP contribution in [-0.4, -0.2) is 35.0 Å². The molecule has 0 aliphatic heterocycles. The summed E-state index contributed by atoms with van der Waals surface area (Å²) in [6, 6.07) is 3.78. The van der Waals surface area contributed by atoms with Crippen molar-refractivity contribution in [3.8, 4) is 5.75 Å². The minimum absolute atomic E-state index is 0.0331. The van der Waals surface area contributed by atoms with E-state index in [1.165, 1.54) is 12.3 Å². The van der Waals surface area contributed by atoms with Gasteiger partial charge in [-0.3, -0.25) is 4.99 Å². The molecule has 0 radical (unpaired) electrons. The highest BCUT2D eigenvalue weighted by molar-refractivity contribution is 6.33. The molecule has 0 aliphatic rings. The average molecular weight is 271 g/mol. The van der Waals surface area contributed by atoms with Crippen molar-refractivity contribution < 1.29 is 15.0 Å². The summed E-state index contributed by atoms with van der Waals surface area (Å²) < 4.78 is 0. The van der Waals surface area contributed by atoms with E-state index in [1.807, 2.05) is 0 Å². The van der Waals surface area contributed by atoms with Crippen molar-refractivity contribution in [1.82, 2.24) is 0 Å². The van der Waals surface area contributed by atoms with E-state index in [2.05, 4.69) is 4.99 Å². The Morgan fingerprint density at radius 3 is 2.83 bits per heavy atom. The largest absolute Gasteiger partial charge is 0.507 e. The summed E-state index contributed by atoms with van der Waals surface area (Å²) in [5.41, 5.74) is 5.64. The van der Waals surface area contributed by atoms with Crippen LogP contribution in [0, 0.1) is 0 Å². The highest BCUT2D eigenvalue weighted by atomic mass is 35.5. The molecule has 1 aromatic carbocycles. The first-order chi connectivity index (χ1) is 8.56. The van der Waals surface area contributed by atoms with Crippen LogP contribution in [0.3, 0.4) is 0 Å². The van der Waals surface area contributed by atoms with Crippen LogP contribution >= 0.6 is 11.6 Å². The van der Waals surface area contributed by atoms with Gasteiger partial charge in [-0.25, -0.2) is 4.79 Å². The van der Waals surface area contributed by atoms with Gasteiger partial charge in [0.05, 0.1) is 10.6 Å². The number of phenolic OH excluding ortho intramolecular Hbond substituents is 1. The van der Waals surface area contributed by atoms with E-state index in [1.54, 1.807) is 12.1 Å². The molecule has 0 heterocycles. The summed E-state index contributed by atoms with van der Waals surface area (Å²) in [7, 11) is 0. The van der Waals surface area contributed by atoms with Crippen LogP contribution in [0.25, 0.3) is 0 Å². The molecule has 0 spiro atoms. The van der Waals surface area contributed by atoms with Crippen LogP contribution in [0.4, 0.5) is 0 Å². The third kappa shape index (κ3) is 4.01. The topological polar surface area (TPSA) is 95.9 Å². The maximum Gasteiger partial charge on any atom is 0.328 e.